The fourth-order valence-corrected chi connectivity index (χ4v) is 10.1. The highest BCUT2D eigenvalue weighted by atomic mass is 16.7. The molecule has 5 atom stereocenters. The van der Waals surface area contributed by atoms with Crippen molar-refractivity contribution in [2.75, 3.05) is 13.6 Å². The van der Waals surface area contributed by atoms with Gasteiger partial charge in [-0.15, -0.1) is 0 Å². The van der Waals surface area contributed by atoms with Crippen LogP contribution in [0, 0.1) is 17.8 Å². The third-order valence-electron chi connectivity index (χ3n) is 12.7. The van der Waals surface area contributed by atoms with Gasteiger partial charge in [-0.25, -0.2) is 4.79 Å². The van der Waals surface area contributed by atoms with Crippen LogP contribution in [0.25, 0.3) is 11.1 Å². The van der Waals surface area contributed by atoms with Crippen LogP contribution in [0.4, 0.5) is 4.79 Å². The number of aliphatic hydroxyl groups is 2. The van der Waals surface area contributed by atoms with Crippen molar-refractivity contribution < 1.29 is 24.5 Å². The second-order valence-corrected chi connectivity index (χ2v) is 16.7. The SMILES string of the molecule is C[C@@H]([C@H](O)c1ccccc1)N(C)C[C@H]1C[C@@H](c2ccc(CO)cc2)O[C@@H](c2cccc(-c3cccc(CNC(=O)NC45CC6CC(CC(C6)C4)C5)c3)c2)O1. The normalized spacial score (nSPS) is 28.5. The maximum absolute atomic E-state index is 13.2. The fraction of sp³-hybridized carbons (Fsp3) is 0.457. The van der Waals surface area contributed by atoms with Gasteiger partial charge in [-0.1, -0.05) is 91.0 Å². The first-order valence-corrected chi connectivity index (χ1v) is 19.9. The summed E-state index contributed by atoms with van der Waals surface area (Å²) in [6.45, 7) is 3.11. The highest BCUT2D eigenvalue weighted by molar-refractivity contribution is 5.75. The topological polar surface area (TPSA) is 103 Å². The molecule has 4 saturated carbocycles. The van der Waals surface area contributed by atoms with Crippen LogP contribution < -0.4 is 10.6 Å². The lowest BCUT2D eigenvalue weighted by atomic mass is 9.53. The summed E-state index contributed by atoms with van der Waals surface area (Å²) in [5.41, 5.74) is 6.85. The number of urea groups is 1. The second-order valence-electron chi connectivity index (χ2n) is 16.7. The average Bonchev–Trinajstić information content (AvgIpc) is 3.19. The molecule has 5 fully saturated rings. The molecule has 4 bridgehead atoms. The fourth-order valence-electron chi connectivity index (χ4n) is 10.1. The lowest BCUT2D eigenvalue weighted by Crippen LogP contribution is -2.61. The highest BCUT2D eigenvalue weighted by Crippen LogP contribution is 2.55. The van der Waals surface area contributed by atoms with Gasteiger partial charge in [-0.2, -0.15) is 0 Å². The zero-order valence-electron chi connectivity index (χ0n) is 31.6. The van der Waals surface area contributed by atoms with Crippen molar-refractivity contribution in [2.24, 2.45) is 17.8 Å². The molecule has 1 saturated heterocycles. The first kappa shape index (κ1) is 36.9. The van der Waals surface area contributed by atoms with Crippen LogP contribution in [0.2, 0.25) is 0 Å². The van der Waals surface area contributed by atoms with Crippen LogP contribution in [-0.4, -0.2) is 52.4 Å². The molecule has 4 aromatic rings. The molecule has 2 amide bonds. The number of ether oxygens (including phenoxy) is 2. The van der Waals surface area contributed by atoms with Gasteiger partial charge in [0.25, 0.3) is 0 Å². The molecule has 0 aromatic heterocycles. The first-order valence-electron chi connectivity index (χ1n) is 19.9. The van der Waals surface area contributed by atoms with E-state index < -0.39 is 12.4 Å². The van der Waals surface area contributed by atoms with E-state index in [1.54, 1.807) is 0 Å². The minimum absolute atomic E-state index is 0.00825. The summed E-state index contributed by atoms with van der Waals surface area (Å²) < 4.78 is 13.4. The number of hydrogen-bond donors (Lipinski definition) is 4. The van der Waals surface area contributed by atoms with Crippen molar-refractivity contribution in [3.63, 3.8) is 0 Å². The highest BCUT2D eigenvalue weighted by Gasteiger charge is 2.51. The van der Waals surface area contributed by atoms with Crippen LogP contribution >= 0.6 is 0 Å². The molecule has 8 nitrogen and oxygen atoms in total. The van der Waals surface area contributed by atoms with E-state index in [1.165, 1.54) is 19.3 Å². The predicted octanol–water partition coefficient (Wildman–Crippen LogP) is 8.21. The lowest BCUT2D eigenvalue weighted by molar-refractivity contribution is -0.253. The molecule has 0 unspecified atom stereocenters. The maximum Gasteiger partial charge on any atom is 0.315 e. The van der Waals surface area contributed by atoms with Crippen molar-refractivity contribution in [1.82, 2.24) is 15.5 Å². The van der Waals surface area contributed by atoms with Gasteiger partial charge in [-0.05, 0) is 116 Å². The van der Waals surface area contributed by atoms with Crippen molar-refractivity contribution in [3.05, 3.63) is 131 Å². The predicted molar refractivity (Wildman–Crippen MR) is 210 cm³/mol. The first-order chi connectivity index (χ1) is 26.2. The van der Waals surface area contributed by atoms with Gasteiger partial charge in [0.15, 0.2) is 6.29 Å². The summed E-state index contributed by atoms with van der Waals surface area (Å²) in [7, 11) is 2.03. The van der Waals surface area contributed by atoms with E-state index in [-0.39, 0.29) is 36.4 Å². The largest absolute Gasteiger partial charge is 0.392 e. The van der Waals surface area contributed by atoms with E-state index in [4.69, 9.17) is 9.47 Å². The standard InChI is InChI=1S/C46H55N3O5/c1-30(43(51)37-9-4-3-5-10-37)49(2)28-41-23-42(36-16-14-31(29-50)15-17-36)54-44(53-41)40-13-7-12-39(22-40)38-11-6-8-32(21-38)27-47-45(52)48-46-24-33-18-34(25-46)20-35(19-33)26-46/h3-17,21-22,30,33-35,41-44,50-51H,18-20,23-29H2,1-2H3,(H2,47,48,52)/t30-,33?,34?,35?,41+,42-,43-,44-,46?/m0/s1. The number of amides is 2. The number of carbonyl (C=O) groups excluding carboxylic acids is 1. The number of likely N-dealkylation sites (N-methyl/N-ethyl adjacent to an activating group) is 1. The van der Waals surface area contributed by atoms with Crippen molar-refractivity contribution >= 4 is 6.03 Å². The van der Waals surface area contributed by atoms with Gasteiger partial charge in [0, 0.05) is 36.7 Å². The third kappa shape index (κ3) is 8.28. The van der Waals surface area contributed by atoms with Gasteiger partial charge < -0.3 is 30.3 Å². The lowest BCUT2D eigenvalue weighted by Gasteiger charge is -2.56. The molecule has 4 aromatic carbocycles. The minimum atomic E-state index is -0.632. The molecule has 4 aliphatic carbocycles. The van der Waals surface area contributed by atoms with Crippen LogP contribution in [0.5, 0.6) is 0 Å². The molecule has 0 spiro atoms. The monoisotopic (exact) mass is 729 g/mol. The Morgan fingerprint density at radius 1 is 0.796 bits per heavy atom. The Kier molecular flexibility index (Phi) is 10.9. The van der Waals surface area contributed by atoms with E-state index in [0.717, 1.165) is 76.0 Å². The van der Waals surface area contributed by atoms with E-state index in [9.17, 15) is 15.0 Å². The Morgan fingerprint density at radius 3 is 2.15 bits per heavy atom. The summed E-state index contributed by atoms with van der Waals surface area (Å²) in [5.74, 6) is 2.35. The molecular weight excluding hydrogens is 675 g/mol. The van der Waals surface area contributed by atoms with E-state index in [1.807, 2.05) is 86.8 Å². The number of carbonyl (C=O) groups is 1. The van der Waals surface area contributed by atoms with Crippen LogP contribution in [0.15, 0.2) is 103 Å². The van der Waals surface area contributed by atoms with Crippen LogP contribution in [0.3, 0.4) is 0 Å². The molecule has 284 valence electrons. The Balaban J connectivity index is 0.956. The Hall–Kier alpha value is -4.05. The summed E-state index contributed by atoms with van der Waals surface area (Å²) >= 11 is 0. The molecule has 4 N–H and O–H groups in total. The minimum Gasteiger partial charge on any atom is -0.392 e. The molecular formula is C46H55N3O5. The van der Waals surface area contributed by atoms with E-state index in [2.05, 4.69) is 45.9 Å². The van der Waals surface area contributed by atoms with Gasteiger partial charge in [0.2, 0.25) is 0 Å². The summed E-state index contributed by atoms with van der Waals surface area (Å²) in [4.78, 5) is 15.4. The molecule has 8 heteroatoms. The summed E-state index contributed by atoms with van der Waals surface area (Å²) in [6.07, 6.45) is 6.51. The average molecular weight is 730 g/mol. The van der Waals surface area contributed by atoms with Crippen molar-refractivity contribution in [1.29, 1.82) is 0 Å². The zero-order valence-corrected chi connectivity index (χ0v) is 31.6. The quantitative estimate of drug-likeness (QED) is 0.117. The molecule has 1 aliphatic heterocycles. The Labute approximate surface area is 319 Å². The molecule has 0 radical (unpaired) electrons. The van der Waals surface area contributed by atoms with Gasteiger partial charge in [0.1, 0.15) is 0 Å². The van der Waals surface area contributed by atoms with Gasteiger partial charge >= 0.3 is 6.03 Å². The Morgan fingerprint density at radius 2 is 1.46 bits per heavy atom. The third-order valence-corrected chi connectivity index (χ3v) is 12.7. The van der Waals surface area contributed by atoms with Crippen LogP contribution in [0.1, 0.15) is 98.2 Å². The second kappa shape index (κ2) is 16.0. The molecule has 5 aliphatic rings. The Bertz CT molecular complexity index is 1850. The maximum atomic E-state index is 13.2. The smallest absolute Gasteiger partial charge is 0.315 e. The summed E-state index contributed by atoms with van der Waals surface area (Å²) in [5, 5.41) is 27.4. The zero-order chi connectivity index (χ0) is 37.2. The molecule has 54 heavy (non-hydrogen) atoms. The van der Waals surface area contributed by atoms with Crippen LogP contribution in [-0.2, 0) is 22.6 Å². The number of nitrogens with one attached hydrogen (secondary N) is 2. The number of aliphatic hydroxyl groups excluding tert-OH is 2. The van der Waals surface area contributed by atoms with Crippen molar-refractivity contribution in [2.45, 2.75) is 101 Å². The number of rotatable bonds is 12. The number of hydrogen-bond acceptors (Lipinski definition) is 6. The van der Waals surface area contributed by atoms with Gasteiger partial charge in [0.05, 0.1) is 24.9 Å². The number of nitrogens with zero attached hydrogens (tertiary/aromatic N) is 1. The molecule has 1 heterocycles. The number of benzene rings is 4. The summed E-state index contributed by atoms with van der Waals surface area (Å²) in [6, 6.07) is 34.2. The van der Waals surface area contributed by atoms with E-state index in [0.29, 0.717) is 19.5 Å². The van der Waals surface area contributed by atoms with Gasteiger partial charge in [-0.3, -0.25) is 4.90 Å². The van der Waals surface area contributed by atoms with Crippen molar-refractivity contribution in [3.8, 4) is 11.1 Å². The van der Waals surface area contributed by atoms with E-state index >= 15 is 0 Å². The molecule has 9 rings (SSSR count).